The second-order valence-corrected chi connectivity index (χ2v) is 4.49. The molecule has 0 radical (unpaired) electrons. The van der Waals surface area contributed by atoms with E-state index in [1.54, 1.807) is 0 Å². The van der Waals surface area contributed by atoms with Gasteiger partial charge in [-0.15, -0.1) is 0 Å². The second kappa shape index (κ2) is 6.80. The highest BCUT2D eigenvalue weighted by Crippen LogP contribution is 2.09. The Kier molecular flexibility index (Phi) is 5.65. The molecule has 1 rings (SSSR count). The minimum absolute atomic E-state index is 0.193. The fourth-order valence-corrected chi connectivity index (χ4v) is 1.83. The monoisotopic (exact) mass is 213 g/mol. The van der Waals surface area contributed by atoms with E-state index in [0.717, 1.165) is 45.4 Å². The molecule has 1 aliphatic rings. The van der Waals surface area contributed by atoms with Crippen molar-refractivity contribution >= 4 is 5.91 Å². The van der Waals surface area contributed by atoms with Gasteiger partial charge in [-0.25, -0.2) is 0 Å². The van der Waals surface area contributed by atoms with Crippen molar-refractivity contribution in [1.29, 1.82) is 0 Å². The first-order chi connectivity index (χ1) is 7.20. The van der Waals surface area contributed by atoms with Crippen LogP contribution in [0.2, 0.25) is 0 Å². The van der Waals surface area contributed by atoms with Gasteiger partial charge < -0.3 is 15.5 Å². The van der Waals surface area contributed by atoms with E-state index in [2.05, 4.69) is 15.5 Å². The van der Waals surface area contributed by atoms with Crippen LogP contribution in [0.3, 0.4) is 0 Å². The van der Waals surface area contributed by atoms with Crippen molar-refractivity contribution in [2.24, 2.45) is 5.92 Å². The lowest BCUT2D eigenvalue weighted by Gasteiger charge is -2.22. The fraction of sp³-hybridized carbons (Fsp3) is 0.909. The molecule has 0 aromatic heterocycles. The van der Waals surface area contributed by atoms with Crippen molar-refractivity contribution in [3.63, 3.8) is 0 Å². The van der Waals surface area contributed by atoms with Gasteiger partial charge in [-0.1, -0.05) is 0 Å². The maximum Gasteiger partial charge on any atom is 0.224 e. The third-order valence-corrected chi connectivity index (χ3v) is 2.75. The summed E-state index contributed by atoms with van der Waals surface area (Å²) in [6.07, 6.45) is 3.18. The van der Waals surface area contributed by atoms with Gasteiger partial charge in [-0.2, -0.15) is 0 Å². The number of nitrogens with zero attached hydrogens (tertiary/aromatic N) is 1. The Morgan fingerprint density at radius 3 is 2.93 bits per heavy atom. The van der Waals surface area contributed by atoms with E-state index in [-0.39, 0.29) is 11.8 Å². The van der Waals surface area contributed by atoms with Crippen LogP contribution in [0, 0.1) is 5.92 Å². The van der Waals surface area contributed by atoms with E-state index < -0.39 is 0 Å². The van der Waals surface area contributed by atoms with Crippen LogP contribution in [-0.2, 0) is 4.79 Å². The minimum atomic E-state index is 0.193. The molecule has 88 valence electrons. The van der Waals surface area contributed by atoms with Crippen LogP contribution in [0.5, 0.6) is 0 Å². The average molecular weight is 213 g/mol. The highest BCUT2D eigenvalue weighted by molar-refractivity contribution is 5.78. The number of carbonyl (C=O) groups excluding carboxylic acids is 1. The number of amides is 1. The number of rotatable bonds is 5. The molecular weight excluding hydrogens is 190 g/mol. The molecular formula is C11H23N3O. The summed E-state index contributed by atoms with van der Waals surface area (Å²) in [4.78, 5) is 13.8. The minimum Gasteiger partial charge on any atom is -0.356 e. The summed E-state index contributed by atoms with van der Waals surface area (Å²) >= 11 is 0. The van der Waals surface area contributed by atoms with E-state index in [1.165, 1.54) is 0 Å². The molecule has 1 atom stereocenters. The summed E-state index contributed by atoms with van der Waals surface area (Å²) in [7, 11) is 4.10. The number of hydrogen-bond donors (Lipinski definition) is 2. The summed E-state index contributed by atoms with van der Waals surface area (Å²) in [5, 5.41) is 6.26. The normalized spacial score (nSPS) is 21.7. The predicted octanol–water partition coefficient (Wildman–Crippen LogP) is 0.0539. The van der Waals surface area contributed by atoms with E-state index in [4.69, 9.17) is 0 Å². The molecule has 4 heteroatoms. The first kappa shape index (κ1) is 12.5. The van der Waals surface area contributed by atoms with Crippen molar-refractivity contribution in [2.75, 3.05) is 40.3 Å². The smallest absolute Gasteiger partial charge is 0.224 e. The molecule has 0 aromatic rings. The van der Waals surface area contributed by atoms with Gasteiger partial charge in [-0.05, 0) is 46.4 Å². The molecule has 15 heavy (non-hydrogen) atoms. The van der Waals surface area contributed by atoms with Gasteiger partial charge in [0, 0.05) is 13.1 Å². The molecule has 1 aliphatic heterocycles. The molecule has 0 bridgehead atoms. The largest absolute Gasteiger partial charge is 0.356 e. The molecule has 0 aliphatic carbocycles. The Morgan fingerprint density at radius 1 is 1.53 bits per heavy atom. The van der Waals surface area contributed by atoms with Crippen molar-refractivity contribution in [1.82, 2.24) is 15.5 Å². The van der Waals surface area contributed by atoms with Crippen LogP contribution >= 0.6 is 0 Å². The number of carbonyl (C=O) groups is 1. The summed E-state index contributed by atoms with van der Waals surface area (Å²) in [5.41, 5.74) is 0. The van der Waals surface area contributed by atoms with Crippen LogP contribution < -0.4 is 10.6 Å². The molecule has 1 heterocycles. The Labute approximate surface area is 92.4 Å². The SMILES string of the molecule is CN(C)CCCNC(=O)C1CCCNC1. The summed E-state index contributed by atoms with van der Waals surface area (Å²) in [5.74, 6) is 0.416. The van der Waals surface area contributed by atoms with Crippen LogP contribution in [0.25, 0.3) is 0 Å². The number of piperidine rings is 1. The molecule has 4 nitrogen and oxygen atoms in total. The Morgan fingerprint density at radius 2 is 2.33 bits per heavy atom. The first-order valence-corrected chi connectivity index (χ1v) is 5.83. The van der Waals surface area contributed by atoms with Gasteiger partial charge in [0.1, 0.15) is 0 Å². The lowest BCUT2D eigenvalue weighted by atomic mass is 9.99. The third kappa shape index (κ3) is 5.14. The highest BCUT2D eigenvalue weighted by atomic mass is 16.1. The van der Waals surface area contributed by atoms with E-state index in [1.807, 2.05) is 14.1 Å². The lowest BCUT2D eigenvalue weighted by molar-refractivity contribution is -0.125. The Balaban J connectivity index is 2.07. The molecule has 1 fully saturated rings. The zero-order valence-electron chi connectivity index (χ0n) is 9.88. The van der Waals surface area contributed by atoms with Crippen molar-refractivity contribution in [3.05, 3.63) is 0 Å². The van der Waals surface area contributed by atoms with Gasteiger partial charge in [-0.3, -0.25) is 4.79 Å². The van der Waals surface area contributed by atoms with Gasteiger partial charge in [0.15, 0.2) is 0 Å². The number of nitrogens with one attached hydrogen (secondary N) is 2. The van der Waals surface area contributed by atoms with E-state index in [9.17, 15) is 4.79 Å². The number of hydrogen-bond acceptors (Lipinski definition) is 3. The Bertz CT molecular complexity index is 188. The van der Waals surface area contributed by atoms with E-state index in [0.29, 0.717) is 0 Å². The fourth-order valence-electron chi connectivity index (χ4n) is 1.83. The maximum absolute atomic E-state index is 11.7. The zero-order chi connectivity index (χ0) is 11.1. The van der Waals surface area contributed by atoms with Crippen molar-refractivity contribution < 1.29 is 4.79 Å². The molecule has 2 N–H and O–H groups in total. The standard InChI is InChI=1S/C11H23N3O/c1-14(2)8-4-7-13-11(15)10-5-3-6-12-9-10/h10,12H,3-9H2,1-2H3,(H,13,15). The molecule has 1 saturated heterocycles. The molecule has 1 amide bonds. The quantitative estimate of drug-likeness (QED) is 0.635. The lowest BCUT2D eigenvalue weighted by Crippen LogP contribution is -2.41. The Hall–Kier alpha value is -0.610. The van der Waals surface area contributed by atoms with Crippen LogP contribution in [0.15, 0.2) is 0 Å². The van der Waals surface area contributed by atoms with Crippen LogP contribution in [0.4, 0.5) is 0 Å². The average Bonchev–Trinajstić information content (AvgIpc) is 2.25. The second-order valence-electron chi connectivity index (χ2n) is 4.49. The zero-order valence-corrected chi connectivity index (χ0v) is 9.88. The maximum atomic E-state index is 11.7. The topological polar surface area (TPSA) is 44.4 Å². The van der Waals surface area contributed by atoms with Crippen LogP contribution in [-0.4, -0.2) is 51.1 Å². The predicted molar refractivity (Wildman–Crippen MR) is 61.8 cm³/mol. The third-order valence-electron chi connectivity index (χ3n) is 2.75. The summed E-state index contributed by atoms with van der Waals surface area (Å²) in [6, 6.07) is 0. The van der Waals surface area contributed by atoms with Gasteiger partial charge in [0.25, 0.3) is 0 Å². The van der Waals surface area contributed by atoms with Crippen LogP contribution in [0.1, 0.15) is 19.3 Å². The summed E-state index contributed by atoms with van der Waals surface area (Å²) in [6.45, 7) is 3.74. The summed E-state index contributed by atoms with van der Waals surface area (Å²) < 4.78 is 0. The molecule has 1 unspecified atom stereocenters. The van der Waals surface area contributed by atoms with Gasteiger partial charge in [0.05, 0.1) is 5.92 Å². The molecule has 0 aromatic carbocycles. The molecule has 0 saturated carbocycles. The molecule has 0 spiro atoms. The first-order valence-electron chi connectivity index (χ1n) is 5.83. The van der Waals surface area contributed by atoms with Gasteiger partial charge >= 0.3 is 0 Å². The van der Waals surface area contributed by atoms with Crippen molar-refractivity contribution in [3.8, 4) is 0 Å². The van der Waals surface area contributed by atoms with Crippen molar-refractivity contribution in [2.45, 2.75) is 19.3 Å². The highest BCUT2D eigenvalue weighted by Gasteiger charge is 2.19. The van der Waals surface area contributed by atoms with E-state index >= 15 is 0 Å². The van der Waals surface area contributed by atoms with Gasteiger partial charge in [0.2, 0.25) is 5.91 Å².